The number of hydrogen-bond acceptors (Lipinski definition) is 4. The van der Waals surface area contributed by atoms with Crippen molar-refractivity contribution in [1.82, 2.24) is 0 Å². The first-order valence-electron chi connectivity index (χ1n) is 6.29. The SMILES string of the molecule is Cc1ccc(C(=O)O[C@H](C)C(=O)Nc2ccc(Cl)cc2)o1. The molecule has 0 radical (unpaired) electrons. The third-order valence-corrected chi connectivity index (χ3v) is 2.96. The summed E-state index contributed by atoms with van der Waals surface area (Å²) < 4.78 is 10.2. The van der Waals surface area contributed by atoms with E-state index in [1.54, 1.807) is 37.3 Å². The second kappa shape index (κ2) is 6.45. The van der Waals surface area contributed by atoms with E-state index in [0.717, 1.165) is 0 Å². The van der Waals surface area contributed by atoms with Crippen LogP contribution in [0, 0.1) is 6.92 Å². The predicted octanol–water partition coefficient (Wildman–Crippen LogP) is 3.43. The van der Waals surface area contributed by atoms with Crippen molar-refractivity contribution in [2.45, 2.75) is 20.0 Å². The Hall–Kier alpha value is -2.27. The van der Waals surface area contributed by atoms with Crippen molar-refractivity contribution in [3.8, 4) is 0 Å². The molecule has 0 aliphatic carbocycles. The number of hydrogen-bond donors (Lipinski definition) is 1. The van der Waals surface area contributed by atoms with Gasteiger partial charge in [0.25, 0.3) is 5.91 Å². The lowest BCUT2D eigenvalue weighted by Gasteiger charge is -2.12. The van der Waals surface area contributed by atoms with Gasteiger partial charge < -0.3 is 14.5 Å². The third kappa shape index (κ3) is 4.10. The monoisotopic (exact) mass is 307 g/mol. The van der Waals surface area contributed by atoms with Crippen molar-refractivity contribution >= 4 is 29.2 Å². The summed E-state index contributed by atoms with van der Waals surface area (Å²) >= 11 is 5.76. The maximum atomic E-state index is 11.9. The van der Waals surface area contributed by atoms with Crippen molar-refractivity contribution < 1.29 is 18.7 Å². The first kappa shape index (κ1) is 15.1. The molecule has 5 nitrogen and oxygen atoms in total. The highest BCUT2D eigenvalue weighted by Crippen LogP contribution is 2.14. The molecular formula is C15H14ClNO4. The minimum atomic E-state index is -0.946. The van der Waals surface area contributed by atoms with Crippen molar-refractivity contribution in [2.75, 3.05) is 5.32 Å². The molecule has 0 aliphatic rings. The molecule has 0 saturated carbocycles. The number of carbonyl (C=O) groups excluding carboxylic acids is 2. The molecule has 1 atom stereocenters. The summed E-state index contributed by atoms with van der Waals surface area (Å²) in [5.74, 6) is -0.449. The van der Waals surface area contributed by atoms with Crippen LogP contribution in [0.1, 0.15) is 23.2 Å². The standard InChI is InChI=1S/C15H14ClNO4/c1-9-3-8-13(20-9)15(19)21-10(2)14(18)17-12-6-4-11(16)5-7-12/h3-8,10H,1-2H3,(H,17,18)/t10-/m1/s1. The minimum absolute atomic E-state index is 0.0682. The number of rotatable bonds is 4. The molecule has 1 aromatic carbocycles. The van der Waals surface area contributed by atoms with Crippen LogP contribution in [0.4, 0.5) is 5.69 Å². The molecular weight excluding hydrogens is 294 g/mol. The Kier molecular flexibility index (Phi) is 4.65. The highest BCUT2D eigenvalue weighted by molar-refractivity contribution is 6.30. The molecule has 0 bridgehead atoms. The molecule has 1 aromatic heterocycles. The molecule has 0 unspecified atom stereocenters. The maximum absolute atomic E-state index is 11.9. The summed E-state index contributed by atoms with van der Waals surface area (Å²) in [6, 6.07) is 9.77. The van der Waals surface area contributed by atoms with Gasteiger partial charge in [0.05, 0.1) is 0 Å². The smallest absolute Gasteiger partial charge is 0.375 e. The van der Waals surface area contributed by atoms with Gasteiger partial charge in [-0.2, -0.15) is 0 Å². The normalized spacial score (nSPS) is 11.8. The number of ether oxygens (including phenoxy) is 1. The van der Waals surface area contributed by atoms with E-state index in [1.807, 2.05) is 0 Å². The van der Waals surface area contributed by atoms with Gasteiger partial charge in [-0.25, -0.2) is 4.79 Å². The van der Waals surface area contributed by atoms with E-state index in [4.69, 9.17) is 20.8 Å². The summed E-state index contributed by atoms with van der Waals surface area (Å²) in [7, 11) is 0. The summed E-state index contributed by atoms with van der Waals surface area (Å²) in [6.45, 7) is 3.20. The van der Waals surface area contributed by atoms with E-state index >= 15 is 0 Å². The second-order valence-corrected chi connectivity index (χ2v) is 4.89. The van der Waals surface area contributed by atoms with Crippen molar-refractivity contribution in [1.29, 1.82) is 0 Å². The molecule has 0 fully saturated rings. The molecule has 2 aromatic rings. The average Bonchev–Trinajstić information content (AvgIpc) is 2.88. The van der Waals surface area contributed by atoms with Crippen molar-refractivity contribution in [3.05, 3.63) is 52.9 Å². The number of amides is 1. The molecule has 0 aliphatic heterocycles. The number of carbonyl (C=O) groups is 2. The fourth-order valence-electron chi connectivity index (χ4n) is 1.59. The third-order valence-electron chi connectivity index (χ3n) is 2.71. The molecule has 1 amide bonds. The largest absolute Gasteiger partial charge is 0.454 e. The van der Waals surface area contributed by atoms with E-state index in [-0.39, 0.29) is 5.76 Å². The van der Waals surface area contributed by atoms with Gasteiger partial charge in [0.1, 0.15) is 5.76 Å². The van der Waals surface area contributed by atoms with Crippen LogP contribution in [-0.4, -0.2) is 18.0 Å². The number of anilines is 1. The Labute approximate surface area is 126 Å². The fourth-order valence-corrected chi connectivity index (χ4v) is 1.72. The van der Waals surface area contributed by atoms with Gasteiger partial charge in [-0.15, -0.1) is 0 Å². The molecule has 110 valence electrons. The van der Waals surface area contributed by atoms with Crippen LogP contribution in [0.25, 0.3) is 0 Å². The average molecular weight is 308 g/mol. The summed E-state index contributed by atoms with van der Waals surface area (Å²) in [4.78, 5) is 23.7. The lowest BCUT2D eigenvalue weighted by Crippen LogP contribution is -2.29. The highest BCUT2D eigenvalue weighted by Gasteiger charge is 2.20. The molecule has 21 heavy (non-hydrogen) atoms. The number of halogens is 1. The van der Waals surface area contributed by atoms with Gasteiger partial charge in [-0.1, -0.05) is 11.6 Å². The zero-order valence-electron chi connectivity index (χ0n) is 11.6. The van der Waals surface area contributed by atoms with E-state index in [2.05, 4.69) is 5.32 Å². The van der Waals surface area contributed by atoms with Crippen LogP contribution in [0.2, 0.25) is 5.02 Å². The lowest BCUT2D eigenvalue weighted by atomic mass is 10.3. The fraction of sp³-hybridized carbons (Fsp3) is 0.200. The molecule has 1 N–H and O–H groups in total. The highest BCUT2D eigenvalue weighted by atomic mass is 35.5. The van der Waals surface area contributed by atoms with Crippen LogP contribution >= 0.6 is 11.6 Å². The van der Waals surface area contributed by atoms with E-state index in [0.29, 0.717) is 16.5 Å². The predicted molar refractivity (Wildman–Crippen MR) is 78.4 cm³/mol. The molecule has 1 heterocycles. The number of furan rings is 1. The summed E-state index contributed by atoms with van der Waals surface area (Å²) in [5, 5.41) is 3.20. The molecule has 0 spiro atoms. The number of nitrogens with one attached hydrogen (secondary N) is 1. The van der Waals surface area contributed by atoms with E-state index in [9.17, 15) is 9.59 Å². The van der Waals surface area contributed by atoms with Crippen molar-refractivity contribution in [2.24, 2.45) is 0 Å². The van der Waals surface area contributed by atoms with E-state index < -0.39 is 18.0 Å². The lowest BCUT2D eigenvalue weighted by molar-refractivity contribution is -0.123. The number of benzene rings is 1. The zero-order chi connectivity index (χ0) is 15.4. The van der Waals surface area contributed by atoms with Crippen LogP contribution < -0.4 is 5.32 Å². The minimum Gasteiger partial charge on any atom is -0.454 e. The number of esters is 1. The zero-order valence-corrected chi connectivity index (χ0v) is 12.3. The Morgan fingerprint density at radius 1 is 1.19 bits per heavy atom. The van der Waals surface area contributed by atoms with Crippen molar-refractivity contribution in [3.63, 3.8) is 0 Å². The van der Waals surface area contributed by atoms with Gasteiger partial charge in [-0.3, -0.25) is 4.79 Å². The maximum Gasteiger partial charge on any atom is 0.375 e. The van der Waals surface area contributed by atoms with Crippen LogP contribution in [0.5, 0.6) is 0 Å². The second-order valence-electron chi connectivity index (χ2n) is 4.45. The van der Waals surface area contributed by atoms with Crippen LogP contribution in [0.15, 0.2) is 40.8 Å². The molecule has 2 rings (SSSR count). The quantitative estimate of drug-likeness (QED) is 0.879. The van der Waals surface area contributed by atoms with Crippen LogP contribution in [-0.2, 0) is 9.53 Å². The van der Waals surface area contributed by atoms with Gasteiger partial charge in [0.15, 0.2) is 6.10 Å². The van der Waals surface area contributed by atoms with Gasteiger partial charge in [0, 0.05) is 10.7 Å². The Morgan fingerprint density at radius 3 is 2.43 bits per heavy atom. The first-order chi connectivity index (χ1) is 9.95. The summed E-state index contributed by atoms with van der Waals surface area (Å²) in [6.07, 6.45) is -0.946. The van der Waals surface area contributed by atoms with Crippen LogP contribution in [0.3, 0.4) is 0 Å². The Morgan fingerprint density at radius 2 is 1.86 bits per heavy atom. The Balaban J connectivity index is 1.93. The molecule has 0 saturated heterocycles. The van der Waals surface area contributed by atoms with Gasteiger partial charge in [-0.05, 0) is 50.2 Å². The van der Waals surface area contributed by atoms with E-state index in [1.165, 1.54) is 13.0 Å². The molecule has 6 heteroatoms. The first-order valence-corrected chi connectivity index (χ1v) is 6.67. The number of aryl methyl sites for hydroxylation is 1. The Bertz CT molecular complexity index is 648. The van der Waals surface area contributed by atoms with Gasteiger partial charge in [0.2, 0.25) is 5.76 Å². The van der Waals surface area contributed by atoms with Gasteiger partial charge >= 0.3 is 5.97 Å². The summed E-state index contributed by atoms with van der Waals surface area (Å²) in [5.41, 5.74) is 0.571. The topological polar surface area (TPSA) is 68.5 Å².